The van der Waals surface area contributed by atoms with Crippen molar-refractivity contribution < 1.29 is 4.79 Å². The Balaban J connectivity index is 1.33. The zero-order chi connectivity index (χ0) is 22.1. The quantitative estimate of drug-likeness (QED) is 0.659. The maximum absolute atomic E-state index is 13.3. The standard InChI is InChI=1S/C24H29N5O2S/c1-17-20-22(30)25-19(16-27-10-6-3-7-11-27)26-23(20)32-21(17)24(31)29-14-12-28(13-15-29)18-8-4-2-5-9-18/h2,4-5,8-9H,3,6-7,10-16H2,1H3,(H,25,26,30). The Labute approximate surface area is 191 Å². The highest BCUT2D eigenvalue weighted by molar-refractivity contribution is 7.20. The summed E-state index contributed by atoms with van der Waals surface area (Å²) in [7, 11) is 0. The average molecular weight is 452 g/mol. The molecule has 1 N–H and O–H groups in total. The first-order valence-electron chi connectivity index (χ1n) is 11.4. The molecule has 0 radical (unpaired) electrons. The Morgan fingerprint density at radius 3 is 2.47 bits per heavy atom. The largest absolute Gasteiger partial charge is 0.368 e. The van der Waals surface area contributed by atoms with Gasteiger partial charge in [0.2, 0.25) is 0 Å². The summed E-state index contributed by atoms with van der Waals surface area (Å²) in [6.45, 7) is 7.57. The summed E-state index contributed by atoms with van der Waals surface area (Å²) in [5.74, 6) is 0.705. The van der Waals surface area contributed by atoms with Crippen LogP contribution >= 0.6 is 11.3 Å². The topological polar surface area (TPSA) is 72.5 Å². The van der Waals surface area contributed by atoms with E-state index in [1.54, 1.807) is 0 Å². The van der Waals surface area contributed by atoms with Crippen LogP contribution in [0, 0.1) is 6.92 Å². The van der Waals surface area contributed by atoms with Gasteiger partial charge in [-0.2, -0.15) is 0 Å². The normalized spacial score (nSPS) is 17.8. The Morgan fingerprint density at radius 1 is 1.03 bits per heavy atom. The number of aromatic amines is 1. The number of piperazine rings is 1. The molecule has 1 aromatic carbocycles. The summed E-state index contributed by atoms with van der Waals surface area (Å²) < 4.78 is 0. The second-order valence-corrected chi connectivity index (χ2v) is 9.70. The number of likely N-dealkylation sites (tertiary alicyclic amines) is 1. The number of nitrogens with zero attached hydrogens (tertiary/aromatic N) is 4. The second kappa shape index (κ2) is 9.03. The zero-order valence-corrected chi connectivity index (χ0v) is 19.3. The van der Waals surface area contributed by atoms with E-state index < -0.39 is 0 Å². The summed E-state index contributed by atoms with van der Waals surface area (Å²) in [6.07, 6.45) is 3.66. The number of thiophene rings is 1. The number of benzene rings is 1. The van der Waals surface area contributed by atoms with Crippen molar-refractivity contribution in [1.29, 1.82) is 0 Å². The Morgan fingerprint density at radius 2 is 1.75 bits per heavy atom. The number of amides is 1. The van der Waals surface area contributed by atoms with Crippen molar-refractivity contribution in [2.45, 2.75) is 32.7 Å². The van der Waals surface area contributed by atoms with Crippen molar-refractivity contribution in [2.75, 3.05) is 44.2 Å². The molecule has 168 valence electrons. The number of para-hydroxylation sites is 1. The smallest absolute Gasteiger partial charge is 0.264 e. The number of H-pyrrole nitrogens is 1. The predicted molar refractivity (Wildman–Crippen MR) is 129 cm³/mol. The number of aromatic nitrogens is 2. The van der Waals surface area contributed by atoms with E-state index in [0.717, 1.165) is 31.7 Å². The number of anilines is 1. The molecule has 1 amide bonds. The Bertz CT molecular complexity index is 1160. The minimum Gasteiger partial charge on any atom is -0.368 e. The molecule has 0 bridgehead atoms. The van der Waals surface area contributed by atoms with Gasteiger partial charge in [0.05, 0.1) is 16.8 Å². The number of fused-ring (bicyclic) bond motifs is 1. The van der Waals surface area contributed by atoms with Crippen molar-refractivity contribution in [3.05, 3.63) is 57.0 Å². The lowest BCUT2D eigenvalue weighted by molar-refractivity contribution is 0.0751. The van der Waals surface area contributed by atoms with Gasteiger partial charge in [0, 0.05) is 31.9 Å². The Kier molecular flexibility index (Phi) is 5.97. The van der Waals surface area contributed by atoms with Crippen LogP contribution in [0.4, 0.5) is 5.69 Å². The average Bonchev–Trinajstić information content (AvgIpc) is 3.16. The Hall–Kier alpha value is -2.71. The number of nitrogens with one attached hydrogen (secondary N) is 1. The van der Waals surface area contributed by atoms with Crippen LogP contribution in [0.3, 0.4) is 0 Å². The van der Waals surface area contributed by atoms with Crippen LogP contribution < -0.4 is 10.5 Å². The van der Waals surface area contributed by atoms with Gasteiger partial charge in [-0.05, 0) is 50.6 Å². The van der Waals surface area contributed by atoms with Crippen molar-refractivity contribution in [1.82, 2.24) is 19.8 Å². The van der Waals surface area contributed by atoms with Gasteiger partial charge in [0.15, 0.2) is 0 Å². The first kappa shape index (κ1) is 21.2. The van der Waals surface area contributed by atoms with Gasteiger partial charge >= 0.3 is 0 Å². The lowest BCUT2D eigenvalue weighted by Crippen LogP contribution is -2.48. The third-order valence-corrected chi connectivity index (χ3v) is 7.73. The zero-order valence-electron chi connectivity index (χ0n) is 18.5. The molecule has 0 saturated carbocycles. The summed E-state index contributed by atoms with van der Waals surface area (Å²) in [4.78, 5) is 41.7. The second-order valence-electron chi connectivity index (χ2n) is 8.70. The van der Waals surface area contributed by atoms with Gasteiger partial charge in [-0.25, -0.2) is 4.98 Å². The number of hydrogen-bond acceptors (Lipinski definition) is 6. The third kappa shape index (κ3) is 4.17. The molecule has 0 unspecified atom stereocenters. The van der Waals surface area contributed by atoms with Crippen LogP contribution in [0.5, 0.6) is 0 Å². The van der Waals surface area contributed by atoms with E-state index in [-0.39, 0.29) is 11.5 Å². The summed E-state index contributed by atoms with van der Waals surface area (Å²) in [6, 6.07) is 10.3. The summed E-state index contributed by atoms with van der Waals surface area (Å²) in [5, 5.41) is 0.559. The summed E-state index contributed by atoms with van der Waals surface area (Å²) >= 11 is 1.36. The highest BCUT2D eigenvalue weighted by Crippen LogP contribution is 2.29. The van der Waals surface area contributed by atoms with Crippen molar-refractivity contribution in [2.24, 2.45) is 0 Å². The first-order valence-corrected chi connectivity index (χ1v) is 12.3. The predicted octanol–water partition coefficient (Wildman–Crippen LogP) is 3.24. The number of carbonyl (C=O) groups excluding carboxylic acids is 1. The van der Waals surface area contributed by atoms with E-state index in [0.29, 0.717) is 40.6 Å². The van der Waals surface area contributed by atoms with E-state index in [2.05, 4.69) is 26.9 Å². The molecule has 3 aromatic rings. The molecule has 2 fully saturated rings. The van der Waals surface area contributed by atoms with Gasteiger partial charge in [0.25, 0.3) is 11.5 Å². The fourth-order valence-corrected chi connectivity index (χ4v) is 5.92. The highest BCUT2D eigenvalue weighted by Gasteiger charge is 2.27. The van der Waals surface area contributed by atoms with Gasteiger partial charge in [0.1, 0.15) is 10.7 Å². The van der Waals surface area contributed by atoms with Crippen molar-refractivity contribution in [3.63, 3.8) is 0 Å². The number of aryl methyl sites for hydroxylation is 1. The monoisotopic (exact) mass is 451 g/mol. The van der Waals surface area contributed by atoms with Crippen LogP contribution in [0.25, 0.3) is 10.2 Å². The SMILES string of the molecule is Cc1c(C(=O)N2CCN(c3ccccc3)CC2)sc2nc(CN3CCCCC3)[nH]c(=O)c12. The van der Waals surface area contributed by atoms with Crippen LogP contribution in [0.1, 0.15) is 40.3 Å². The lowest BCUT2D eigenvalue weighted by Gasteiger charge is -2.36. The van der Waals surface area contributed by atoms with E-state index >= 15 is 0 Å². The van der Waals surface area contributed by atoms with Gasteiger partial charge < -0.3 is 14.8 Å². The van der Waals surface area contributed by atoms with Crippen LogP contribution in [-0.4, -0.2) is 64.9 Å². The van der Waals surface area contributed by atoms with Gasteiger partial charge in [-0.1, -0.05) is 24.6 Å². The molecular formula is C24H29N5O2S. The minimum atomic E-state index is -0.135. The molecule has 2 saturated heterocycles. The first-order chi connectivity index (χ1) is 15.6. The fourth-order valence-electron chi connectivity index (χ4n) is 4.75. The van der Waals surface area contributed by atoms with Gasteiger partial charge in [-0.3, -0.25) is 14.5 Å². The molecule has 8 heteroatoms. The van der Waals surface area contributed by atoms with Crippen LogP contribution in [0.15, 0.2) is 35.1 Å². The number of carbonyl (C=O) groups is 1. The number of hydrogen-bond donors (Lipinski definition) is 1. The minimum absolute atomic E-state index is 0.00944. The van der Waals surface area contributed by atoms with Crippen LogP contribution in [-0.2, 0) is 6.54 Å². The van der Waals surface area contributed by atoms with E-state index in [4.69, 9.17) is 4.98 Å². The number of rotatable bonds is 4. The van der Waals surface area contributed by atoms with Crippen molar-refractivity contribution in [3.8, 4) is 0 Å². The fraction of sp³-hybridized carbons (Fsp3) is 0.458. The molecule has 2 aliphatic heterocycles. The van der Waals surface area contributed by atoms with E-state index in [1.807, 2.05) is 30.0 Å². The number of piperidine rings is 1. The molecule has 2 aromatic heterocycles. The molecular weight excluding hydrogens is 422 g/mol. The molecule has 2 aliphatic rings. The van der Waals surface area contributed by atoms with Crippen LogP contribution in [0.2, 0.25) is 0 Å². The molecule has 4 heterocycles. The molecule has 0 atom stereocenters. The van der Waals surface area contributed by atoms with Gasteiger partial charge in [-0.15, -0.1) is 11.3 Å². The molecule has 0 spiro atoms. The van der Waals surface area contributed by atoms with Crippen molar-refractivity contribution >= 4 is 33.1 Å². The maximum atomic E-state index is 13.3. The van der Waals surface area contributed by atoms with E-state index in [9.17, 15) is 9.59 Å². The molecule has 0 aliphatic carbocycles. The van der Waals surface area contributed by atoms with E-state index in [1.165, 1.54) is 36.3 Å². The third-order valence-electron chi connectivity index (χ3n) is 6.55. The molecule has 5 rings (SSSR count). The lowest BCUT2D eigenvalue weighted by atomic mass is 10.1. The summed E-state index contributed by atoms with van der Waals surface area (Å²) in [5.41, 5.74) is 1.80. The maximum Gasteiger partial charge on any atom is 0.264 e. The molecule has 32 heavy (non-hydrogen) atoms. The molecule has 7 nitrogen and oxygen atoms in total. The highest BCUT2D eigenvalue weighted by atomic mass is 32.1.